The number of halogens is 2. The summed E-state index contributed by atoms with van der Waals surface area (Å²) in [4.78, 5) is 10.8. The Bertz CT molecular complexity index is 365. The largest absolute Gasteiger partial charge is 0.495 e. The number of carboxylic acid groups (broad SMARTS) is 1. The van der Waals surface area contributed by atoms with Gasteiger partial charge in [-0.25, -0.2) is 4.79 Å². The molecule has 0 heterocycles. The number of hydrogen-bond acceptors (Lipinski definition) is 2. The Balaban J connectivity index is 3.34. The third-order valence-corrected chi connectivity index (χ3v) is 2.74. The number of methoxy groups -OCH3 is 1. The van der Waals surface area contributed by atoms with Crippen LogP contribution in [0, 0.1) is 0 Å². The predicted molar refractivity (Wildman–Crippen MR) is 57.6 cm³/mol. The van der Waals surface area contributed by atoms with Crippen molar-refractivity contribution in [2.45, 2.75) is 5.33 Å². The lowest BCUT2D eigenvalue weighted by Crippen LogP contribution is -2.00. The van der Waals surface area contributed by atoms with E-state index in [9.17, 15) is 4.79 Å². The normalized spacial score (nSPS) is 9.93. The third kappa shape index (κ3) is 2.19. The highest BCUT2D eigenvalue weighted by Crippen LogP contribution is 2.30. The molecule has 1 aromatic rings. The standard InChI is InChI=1S/C9H8BrClO3/c1-14-7-3-5(4-10)2-6(8(7)11)9(12)13/h2-3H,4H2,1H3,(H,12,13). The molecule has 0 aromatic heterocycles. The van der Waals surface area contributed by atoms with Crippen LogP contribution in [0.4, 0.5) is 0 Å². The van der Waals surface area contributed by atoms with Crippen LogP contribution in [-0.2, 0) is 5.33 Å². The van der Waals surface area contributed by atoms with Gasteiger partial charge in [0.25, 0.3) is 0 Å². The topological polar surface area (TPSA) is 46.5 Å². The van der Waals surface area contributed by atoms with Crippen LogP contribution < -0.4 is 4.74 Å². The van der Waals surface area contributed by atoms with Gasteiger partial charge in [0.15, 0.2) is 0 Å². The van der Waals surface area contributed by atoms with Crippen molar-refractivity contribution in [3.8, 4) is 5.75 Å². The number of rotatable bonds is 3. The van der Waals surface area contributed by atoms with E-state index >= 15 is 0 Å². The molecule has 0 aliphatic carbocycles. The monoisotopic (exact) mass is 278 g/mol. The molecule has 14 heavy (non-hydrogen) atoms. The summed E-state index contributed by atoms with van der Waals surface area (Å²) in [7, 11) is 1.45. The van der Waals surface area contributed by atoms with Gasteiger partial charge in [0.2, 0.25) is 0 Å². The molecule has 0 saturated heterocycles. The van der Waals surface area contributed by atoms with E-state index in [-0.39, 0.29) is 10.6 Å². The van der Waals surface area contributed by atoms with E-state index in [1.807, 2.05) is 0 Å². The summed E-state index contributed by atoms with van der Waals surface area (Å²) >= 11 is 9.05. The highest BCUT2D eigenvalue weighted by atomic mass is 79.9. The second kappa shape index (κ2) is 4.66. The molecule has 5 heteroatoms. The maximum Gasteiger partial charge on any atom is 0.337 e. The van der Waals surface area contributed by atoms with Crippen LogP contribution in [0.3, 0.4) is 0 Å². The van der Waals surface area contributed by atoms with Gasteiger partial charge in [0.05, 0.1) is 17.7 Å². The lowest BCUT2D eigenvalue weighted by Gasteiger charge is -2.07. The maximum absolute atomic E-state index is 10.8. The van der Waals surface area contributed by atoms with Gasteiger partial charge in [0, 0.05) is 5.33 Å². The van der Waals surface area contributed by atoms with Crippen LogP contribution in [0.15, 0.2) is 12.1 Å². The Hall–Kier alpha value is -0.740. The van der Waals surface area contributed by atoms with Crippen LogP contribution in [0.5, 0.6) is 5.75 Å². The number of benzene rings is 1. The Labute approximate surface area is 94.8 Å². The highest BCUT2D eigenvalue weighted by molar-refractivity contribution is 9.08. The van der Waals surface area contributed by atoms with Gasteiger partial charge < -0.3 is 9.84 Å². The highest BCUT2D eigenvalue weighted by Gasteiger charge is 2.14. The van der Waals surface area contributed by atoms with Crippen molar-refractivity contribution in [1.29, 1.82) is 0 Å². The molecule has 0 aliphatic rings. The third-order valence-electron chi connectivity index (χ3n) is 1.70. The number of carbonyl (C=O) groups is 1. The molecule has 3 nitrogen and oxygen atoms in total. The average molecular weight is 280 g/mol. The summed E-state index contributed by atoms with van der Waals surface area (Å²) in [6.45, 7) is 0. The minimum absolute atomic E-state index is 0.0560. The molecule has 1 rings (SSSR count). The molecule has 1 aromatic carbocycles. The number of carboxylic acids is 1. The van der Waals surface area contributed by atoms with E-state index in [0.717, 1.165) is 5.56 Å². The van der Waals surface area contributed by atoms with Crippen LogP contribution in [-0.4, -0.2) is 18.2 Å². The molecular weight excluding hydrogens is 271 g/mol. The summed E-state index contributed by atoms with van der Waals surface area (Å²) in [6.07, 6.45) is 0. The van der Waals surface area contributed by atoms with Gasteiger partial charge in [-0.15, -0.1) is 0 Å². The van der Waals surface area contributed by atoms with Crippen molar-refractivity contribution in [1.82, 2.24) is 0 Å². The van der Waals surface area contributed by atoms with Crippen LogP contribution in [0.25, 0.3) is 0 Å². The van der Waals surface area contributed by atoms with E-state index < -0.39 is 5.97 Å². The molecule has 0 atom stereocenters. The van der Waals surface area contributed by atoms with Crippen LogP contribution >= 0.6 is 27.5 Å². The fourth-order valence-corrected chi connectivity index (χ4v) is 1.63. The number of ether oxygens (including phenoxy) is 1. The van der Waals surface area contributed by atoms with Gasteiger partial charge in [-0.05, 0) is 17.7 Å². The Morgan fingerprint density at radius 1 is 1.64 bits per heavy atom. The van der Waals surface area contributed by atoms with E-state index in [0.29, 0.717) is 11.1 Å². The Morgan fingerprint density at radius 2 is 2.29 bits per heavy atom. The zero-order valence-electron chi connectivity index (χ0n) is 7.38. The van der Waals surface area contributed by atoms with E-state index in [2.05, 4.69) is 15.9 Å². The quantitative estimate of drug-likeness (QED) is 0.865. The first-order valence-electron chi connectivity index (χ1n) is 3.75. The zero-order chi connectivity index (χ0) is 10.7. The molecule has 0 amide bonds. The lowest BCUT2D eigenvalue weighted by molar-refractivity contribution is 0.0696. The number of hydrogen-bond donors (Lipinski definition) is 1. The molecule has 1 N–H and O–H groups in total. The summed E-state index contributed by atoms with van der Waals surface area (Å²) in [5.74, 6) is -0.683. The van der Waals surface area contributed by atoms with Crippen molar-refractivity contribution in [3.63, 3.8) is 0 Å². The maximum atomic E-state index is 10.8. The zero-order valence-corrected chi connectivity index (χ0v) is 9.72. The SMILES string of the molecule is COc1cc(CBr)cc(C(=O)O)c1Cl. The summed E-state index contributed by atoms with van der Waals surface area (Å²) in [5.41, 5.74) is 0.865. The van der Waals surface area contributed by atoms with Crippen molar-refractivity contribution in [3.05, 3.63) is 28.3 Å². The van der Waals surface area contributed by atoms with Gasteiger partial charge in [-0.1, -0.05) is 27.5 Å². The predicted octanol–water partition coefficient (Wildman–Crippen LogP) is 2.94. The molecule has 0 fully saturated rings. The molecule has 0 bridgehead atoms. The first-order valence-corrected chi connectivity index (χ1v) is 5.25. The van der Waals surface area contributed by atoms with Crippen molar-refractivity contribution < 1.29 is 14.6 Å². The molecule has 0 unspecified atom stereocenters. The first kappa shape index (κ1) is 11.3. The van der Waals surface area contributed by atoms with Crippen LogP contribution in [0.1, 0.15) is 15.9 Å². The Kier molecular flexibility index (Phi) is 3.77. The van der Waals surface area contributed by atoms with E-state index in [1.54, 1.807) is 6.07 Å². The first-order chi connectivity index (χ1) is 6.60. The second-order valence-corrected chi connectivity index (χ2v) is 3.54. The summed E-state index contributed by atoms with van der Waals surface area (Å²) in [5, 5.41) is 9.54. The van der Waals surface area contributed by atoms with Crippen molar-refractivity contribution in [2.24, 2.45) is 0 Å². The van der Waals surface area contributed by atoms with E-state index in [4.69, 9.17) is 21.4 Å². The average Bonchev–Trinajstić information content (AvgIpc) is 2.17. The fraction of sp³-hybridized carbons (Fsp3) is 0.222. The smallest absolute Gasteiger partial charge is 0.337 e. The number of aromatic carboxylic acids is 1. The number of alkyl halides is 1. The molecule has 0 spiro atoms. The molecule has 0 saturated carbocycles. The molecular formula is C9H8BrClO3. The molecule has 0 radical (unpaired) electrons. The van der Waals surface area contributed by atoms with Gasteiger partial charge in [-0.3, -0.25) is 0 Å². The summed E-state index contributed by atoms with van der Waals surface area (Å²) in [6, 6.07) is 3.21. The minimum Gasteiger partial charge on any atom is -0.495 e. The molecule has 76 valence electrons. The van der Waals surface area contributed by atoms with Gasteiger partial charge in [-0.2, -0.15) is 0 Å². The lowest BCUT2D eigenvalue weighted by atomic mass is 10.1. The van der Waals surface area contributed by atoms with E-state index in [1.165, 1.54) is 13.2 Å². The van der Waals surface area contributed by atoms with Crippen LogP contribution in [0.2, 0.25) is 5.02 Å². The van der Waals surface area contributed by atoms with Gasteiger partial charge in [0.1, 0.15) is 5.75 Å². The summed E-state index contributed by atoms with van der Waals surface area (Å²) < 4.78 is 4.96. The molecule has 0 aliphatic heterocycles. The Morgan fingerprint density at radius 3 is 2.71 bits per heavy atom. The van der Waals surface area contributed by atoms with Crippen molar-refractivity contribution in [2.75, 3.05) is 7.11 Å². The fourth-order valence-electron chi connectivity index (χ4n) is 1.04. The second-order valence-electron chi connectivity index (χ2n) is 2.60. The minimum atomic E-state index is -1.06. The van der Waals surface area contributed by atoms with Crippen molar-refractivity contribution >= 4 is 33.5 Å². The van der Waals surface area contributed by atoms with Gasteiger partial charge >= 0.3 is 5.97 Å².